The van der Waals surface area contributed by atoms with E-state index in [0.717, 1.165) is 10.1 Å². The van der Waals surface area contributed by atoms with Gasteiger partial charge in [-0.1, -0.05) is 30.3 Å². The molecule has 0 amide bonds. The molecule has 13 nitrogen and oxygen atoms in total. The van der Waals surface area contributed by atoms with Crippen LogP contribution >= 0.6 is 0 Å². The summed E-state index contributed by atoms with van der Waals surface area (Å²) < 4.78 is 7.10. The molecule has 0 bridgehead atoms. The predicted octanol–water partition coefficient (Wildman–Crippen LogP) is -1.44. The third kappa shape index (κ3) is 4.83. The molecule has 0 saturated heterocycles. The lowest BCUT2D eigenvalue weighted by atomic mass is 10.1. The van der Waals surface area contributed by atoms with Crippen LogP contribution in [0.1, 0.15) is 15.9 Å². The van der Waals surface area contributed by atoms with Gasteiger partial charge in [-0.2, -0.15) is 0 Å². The second kappa shape index (κ2) is 10.0. The maximum Gasteiger partial charge on any atom is 0.330 e. The maximum atomic E-state index is 13.0. The molecule has 0 radical (unpaired) electrons. The van der Waals surface area contributed by atoms with Crippen LogP contribution in [-0.2, 0) is 17.8 Å². The number of nitrogens with zero attached hydrogens (tertiary/aromatic N) is 3. The number of anilines is 3. The molecule has 180 valence electrons. The summed E-state index contributed by atoms with van der Waals surface area (Å²) in [5, 5.41) is 0. The molecular weight excluding hydrogens is 446 g/mol. The van der Waals surface area contributed by atoms with Crippen LogP contribution in [0.15, 0.2) is 49.5 Å². The number of likely N-dealkylation sites (N-methyl/N-ethyl adjacent to an activating group) is 1. The molecule has 0 aliphatic rings. The minimum Gasteiger partial charge on any atom is -0.384 e. The van der Waals surface area contributed by atoms with Gasteiger partial charge in [-0.05, 0) is 5.56 Å². The number of ether oxygens (including phenoxy) is 1. The number of carbonyl (C=O) groups is 1. The minimum atomic E-state index is -0.953. The van der Waals surface area contributed by atoms with Crippen LogP contribution < -0.4 is 38.9 Å². The summed E-state index contributed by atoms with van der Waals surface area (Å²) in [5.41, 5.74) is 9.05. The fourth-order valence-corrected chi connectivity index (χ4v) is 3.50. The summed E-state index contributed by atoms with van der Waals surface area (Å²) in [6.07, 6.45) is 0. The Balaban J connectivity index is 1.97. The first-order chi connectivity index (χ1) is 16.1. The van der Waals surface area contributed by atoms with Gasteiger partial charge in [-0.3, -0.25) is 33.5 Å². The van der Waals surface area contributed by atoms with E-state index in [1.54, 1.807) is 24.3 Å². The van der Waals surface area contributed by atoms with E-state index >= 15 is 0 Å². The third-order valence-corrected chi connectivity index (χ3v) is 5.20. The van der Waals surface area contributed by atoms with Gasteiger partial charge < -0.3 is 21.1 Å². The molecule has 0 fully saturated rings. The summed E-state index contributed by atoms with van der Waals surface area (Å²) in [5.74, 6) is -1.23. The standard InChI is InChI=1S/C21H25N7O6/c1-26(11-13(29)14-16(22)27(8-9-34-2)20(32)24-18(14)30)15-17(23)28(21(33)25-19(15)31)10-12-6-4-3-5-7-12/h3-7H,8-11,22-23H2,1-2H3,(H,24,30,32)(H,25,31,33). The van der Waals surface area contributed by atoms with Crippen LogP contribution in [0.25, 0.3) is 0 Å². The number of ketones is 1. The zero-order valence-electron chi connectivity index (χ0n) is 18.7. The third-order valence-electron chi connectivity index (χ3n) is 5.20. The van der Waals surface area contributed by atoms with E-state index in [1.807, 2.05) is 6.07 Å². The summed E-state index contributed by atoms with van der Waals surface area (Å²) >= 11 is 0. The summed E-state index contributed by atoms with van der Waals surface area (Å²) in [6.45, 7) is -0.246. The summed E-state index contributed by atoms with van der Waals surface area (Å²) in [4.78, 5) is 67.7. The minimum absolute atomic E-state index is 0.0190. The van der Waals surface area contributed by atoms with Crippen LogP contribution in [0.2, 0.25) is 0 Å². The van der Waals surface area contributed by atoms with Gasteiger partial charge in [0.25, 0.3) is 11.1 Å². The van der Waals surface area contributed by atoms with Gasteiger partial charge >= 0.3 is 11.4 Å². The largest absolute Gasteiger partial charge is 0.384 e. The van der Waals surface area contributed by atoms with Crippen LogP contribution in [0.4, 0.5) is 17.3 Å². The molecule has 0 spiro atoms. The van der Waals surface area contributed by atoms with Gasteiger partial charge in [0.05, 0.1) is 26.2 Å². The Morgan fingerprint density at radius 2 is 1.59 bits per heavy atom. The highest BCUT2D eigenvalue weighted by Crippen LogP contribution is 2.17. The number of H-pyrrole nitrogens is 2. The van der Waals surface area contributed by atoms with Gasteiger partial charge in [0.15, 0.2) is 5.78 Å². The number of carbonyl (C=O) groups excluding carboxylic acids is 1. The molecule has 2 aromatic heterocycles. The van der Waals surface area contributed by atoms with Crippen molar-refractivity contribution >= 4 is 23.1 Å². The molecule has 2 heterocycles. The van der Waals surface area contributed by atoms with E-state index in [9.17, 15) is 24.0 Å². The highest BCUT2D eigenvalue weighted by molar-refractivity contribution is 6.02. The van der Waals surface area contributed by atoms with E-state index in [4.69, 9.17) is 16.2 Å². The van der Waals surface area contributed by atoms with Gasteiger partial charge in [0.1, 0.15) is 22.9 Å². The molecule has 6 N–H and O–H groups in total. The molecular formula is C21H25N7O6. The van der Waals surface area contributed by atoms with Crippen molar-refractivity contribution in [2.24, 2.45) is 0 Å². The number of aromatic amines is 2. The zero-order valence-corrected chi connectivity index (χ0v) is 18.7. The Kier molecular flexibility index (Phi) is 7.16. The molecule has 3 aromatic rings. The van der Waals surface area contributed by atoms with E-state index in [1.165, 1.54) is 23.6 Å². The Morgan fingerprint density at radius 1 is 0.971 bits per heavy atom. The van der Waals surface area contributed by atoms with Crippen molar-refractivity contribution < 1.29 is 9.53 Å². The Hall–Kier alpha value is -4.39. The number of nitrogens with one attached hydrogen (secondary N) is 2. The average molecular weight is 471 g/mol. The smallest absolute Gasteiger partial charge is 0.330 e. The fourth-order valence-electron chi connectivity index (χ4n) is 3.50. The lowest BCUT2D eigenvalue weighted by molar-refractivity contribution is 0.0998. The number of nitrogens with two attached hydrogens (primary N) is 2. The monoisotopic (exact) mass is 471 g/mol. The predicted molar refractivity (Wildman–Crippen MR) is 126 cm³/mol. The van der Waals surface area contributed by atoms with Crippen molar-refractivity contribution in [1.82, 2.24) is 19.1 Å². The zero-order chi connectivity index (χ0) is 25.0. The van der Waals surface area contributed by atoms with Gasteiger partial charge in [0, 0.05) is 14.2 Å². The molecule has 0 aliphatic carbocycles. The Labute approximate surface area is 192 Å². The first kappa shape index (κ1) is 24.3. The first-order valence-electron chi connectivity index (χ1n) is 10.2. The molecule has 0 unspecified atom stereocenters. The number of rotatable bonds is 9. The SMILES string of the molecule is COCCn1c(N)c(C(=O)CN(C)c2c(N)n(Cc3ccccc3)c(=O)[nH]c2=O)c(=O)[nH]c1=O. The topological polar surface area (TPSA) is 191 Å². The fraction of sp³-hybridized carbons (Fsp3) is 0.286. The average Bonchev–Trinajstić information content (AvgIpc) is 2.76. The Bertz CT molecular complexity index is 1440. The quantitative estimate of drug-likeness (QED) is 0.271. The highest BCUT2D eigenvalue weighted by Gasteiger charge is 2.23. The normalized spacial score (nSPS) is 10.9. The number of hydrogen-bond acceptors (Lipinski definition) is 9. The van der Waals surface area contributed by atoms with E-state index < -0.39 is 40.4 Å². The van der Waals surface area contributed by atoms with Crippen LogP contribution in [-0.4, -0.2) is 52.2 Å². The molecule has 0 atom stereocenters. The molecule has 13 heteroatoms. The second-order valence-electron chi connectivity index (χ2n) is 7.51. The number of aromatic nitrogens is 4. The maximum absolute atomic E-state index is 13.0. The molecule has 0 saturated carbocycles. The van der Waals surface area contributed by atoms with Crippen molar-refractivity contribution in [2.75, 3.05) is 43.7 Å². The first-order valence-corrected chi connectivity index (χ1v) is 10.2. The van der Waals surface area contributed by atoms with Gasteiger partial charge in [-0.15, -0.1) is 0 Å². The summed E-state index contributed by atoms with van der Waals surface area (Å²) in [6, 6.07) is 8.98. The number of methoxy groups -OCH3 is 1. The number of nitrogen functional groups attached to an aromatic ring is 2. The number of benzene rings is 1. The summed E-state index contributed by atoms with van der Waals surface area (Å²) in [7, 11) is 2.83. The lowest BCUT2D eigenvalue weighted by Crippen LogP contribution is -2.41. The highest BCUT2D eigenvalue weighted by atomic mass is 16.5. The van der Waals surface area contributed by atoms with Crippen molar-refractivity contribution in [3.8, 4) is 0 Å². The molecule has 1 aromatic carbocycles. The van der Waals surface area contributed by atoms with Crippen LogP contribution in [0, 0.1) is 0 Å². The lowest BCUT2D eigenvalue weighted by Gasteiger charge is -2.21. The van der Waals surface area contributed by atoms with E-state index in [0.29, 0.717) is 0 Å². The Morgan fingerprint density at radius 3 is 2.24 bits per heavy atom. The van der Waals surface area contributed by atoms with Gasteiger partial charge in [0.2, 0.25) is 0 Å². The van der Waals surface area contributed by atoms with Crippen LogP contribution in [0.5, 0.6) is 0 Å². The second-order valence-corrected chi connectivity index (χ2v) is 7.51. The van der Waals surface area contributed by atoms with Crippen molar-refractivity contribution in [3.05, 3.63) is 83.1 Å². The molecule has 3 rings (SSSR count). The van der Waals surface area contributed by atoms with E-state index in [-0.39, 0.29) is 37.0 Å². The van der Waals surface area contributed by atoms with Crippen molar-refractivity contribution in [2.45, 2.75) is 13.1 Å². The number of hydrogen-bond donors (Lipinski definition) is 4. The number of Topliss-reactive ketones (excluding diaryl/α,β-unsaturated/α-hetero) is 1. The van der Waals surface area contributed by atoms with Crippen molar-refractivity contribution in [3.63, 3.8) is 0 Å². The van der Waals surface area contributed by atoms with Crippen LogP contribution in [0.3, 0.4) is 0 Å². The molecule has 0 aliphatic heterocycles. The molecule has 34 heavy (non-hydrogen) atoms. The van der Waals surface area contributed by atoms with E-state index in [2.05, 4.69) is 9.97 Å². The van der Waals surface area contributed by atoms with Gasteiger partial charge in [-0.25, -0.2) is 9.59 Å². The van der Waals surface area contributed by atoms with Crippen molar-refractivity contribution in [1.29, 1.82) is 0 Å².